The van der Waals surface area contributed by atoms with Gasteiger partial charge in [-0.05, 0) is 184 Å². The number of hydrogen-bond acceptors (Lipinski definition) is 2. The third kappa shape index (κ3) is 8.82. The number of nitrogens with zero attached hydrogens (tertiary/aromatic N) is 4. The van der Waals surface area contributed by atoms with Gasteiger partial charge in [-0.3, -0.25) is 9.97 Å². The summed E-state index contributed by atoms with van der Waals surface area (Å²) in [5, 5.41) is 4.75. The summed E-state index contributed by atoms with van der Waals surface area (Å²) in [5.41, 5.74) is 22.2. The third-order valence-corrected chi connectivity index (χ3v) is 14.5. The van der Waals surface area contributed by atoms with Crippen molar-refractivity contribution < 1.29 is 0 Å². The molecule has 4 heteroatoms. The lowest BCUT2D eigenvalue weighted by Gasteiger charge is -2.13. The van der Waals surface area contributed by atoms with Gasteiger partial charge in [0.05, 0.1) is 27.8 Å². The van der Waals surface area contributed by atoms with Gasteiger partial charge in [-0.25, -0.2) is 0 Å². The highest BCUT2D eigenvalue weighted by Gasteiger charge is 2.18. The molecule has 4 heterocycles. The Morgan fingerprint density at radius 3 is 1.57 bits per heavy atom. The molecule has 0 unspecified atom stereocenters. The maximum Gasteiger partial charge on any atom is 0.0698 e. The van der Waals surface area contributed by atoms with E-state index in [-0.39, 0.29) is 0 Å². The third-order valence-electron chi connectivity index (χ3n) is 14.5. The Kier molecular flexibility index (Phi) is 12.7. The second-order valence-corrected chi connectivity index (χ2v) is 19.0. The first-order chi connectivity index (χ1) is 37.5. The van der Waals surface area contributed by atoms with E-state index in [4.69, 9.17) is 0 Å². The van der Waals surface area contributed by atoms with E-state index >= 15 is 0 Å². The molecule has 8 aromatic carbocycles. The molecule has 0 amide bonds. The highest BCUT2D eigenvalue weighted by molar-refractivity contribution is 6.12. The molecule has 76 heavy (non-hydrogen) atoms. The Morgan fingerprint density at radius 2 is 0.947 bits per heavy atom. The molecule has 0 saturated carbocycles. The number of hydrogen-bond donors (Lipinski definition) is 0. The fourth-order valence-corrected chi connectivity index (χ4v) is 10.8. The number of para-hydroxylation sites is 1. The molecule has 12 rings (SSSR count). The average Bonchev–Trinajstić information content (AvgIpc) is 4.09. The van der Waals surface area contributed by atoms with Crippen molar-refractivity contribution in [3.8, 4) is 55.9 Å². The highest BCUT2D eigenvalue weighted by atomic mass is 15.0. The predicted octanol–water partition coefficient (Wildman–Crippen LogP) is 19.2. The molecule has 12 aromatic rings. The van der Waals surface area contributed by atoms with Crippen molar-refractivity contribution in [1.29, 1.82) is 0 Å². The second kappa shape index (κ2) is 20.5. The molecule has 0 aliphatic heterocycles. The summed E-state index contributed by atoms with van der Waals surface area (Å²) < 4.78 is 4.82. The molecule has 0 saturated heterocycles. The lowest BCUT2D eigenvalue weighted by Crippen LogP contribution is -1.96. The Morgan fingerprint density at radius 1 is 0.408 bits per heavy atom. The van der Waals surface area contributed by atoms with Crippen LogP contribution >= 0.6 is 0 Å². The van der Waals surface area contributed by atoms with Crippen LogP contribution in [0.15, 0.2) is 281 Å². The largest absolute Gasteiger partial charge is 0.309 e. The van der Waals surface area contributed by atoms with Gasteiger partial charge in [0.15, 0.2) is 0 Å². The lowest BCUT2D eigenvalue weighted by atomic mass is 9.96. The zero-order chi connectivity index (χ0) is 51.5. The summed E-state index contributed by atoms with van der Waals surface area (Å²) >= 11 is 0. The maximum atomic E-state index is 4.62. The Hall–Kier alpha value is -9.90. The minimum atomic E-state index is 0.930. The average molecular weight is 975 g/mol. The molecule has 4 aromatic heterocycles. The van der Waals surface area contributed by atoms with Crippen molar-refractivity contribution in [3.05, 3.63) is 297 Å². The molecule has 0 aliphatic rings. The van der Waals surface area contributed by atoms with E-state index in [9.17, 15) is 0 Å². The fraction of sp³-hybridized carbons (Fsp3) is 0.0278. The molecule has 4 nitrogen and oxygen atoms in total. The first kappa shape index (κ1) is 47.1. The molecule has 0 bridgehead atoms. The van der Waals surface area contributed by atoms with E-state index in [1.165, 1.54) is 21.5 Å². The Labute approximate surface area is 444 Å². The quantitative estimate of drug-likeness (QED) is 0.108. The van der Waals surface area contributed by atoms with Gasteiger partial charge < -0.3 is 9.13 Å². The van der Waals surface area contributed by atoms with Crippen LogP contribution in [0.4, 0.5) is 0 Å². The van der Waals surface area contributed by atoms with Crippen LogP contribution in [0.3, 0.4) is 0 Å². The van der Waals surface area contributed by atoms with Gasteiger partial charge in [-0.1, -0.05) is 159 Å². The molecular weight excluding hydrogens is 921 g/mol. The first-order valence-electron chi connectivity index (χ1n) is 25.8. The molecule has 0 atom stereocenters. The van der Waals surface area contributed by atoms with Crippen LogP contribution in [0.5, 0.6) is 0 Å². The van der Waals surface area contributed by atoms with Crippen molar-refractivity contribution >= 4 is 60.3 Å². The van der Waals surface area contributed by atoms with Gasteiger partial charge in [-0.15, -0.1) is 0 Å². The van der Waals surface area contributed by atoms with Crippen molar-refractivity contribution in [2.45, 2.75) is 13.8 Å². The smallest absolute Gasteiger partial charge is 0.0698 e. The van der Waals surface area contributed by atoms with Gasteiger partial charge in [-0.2, -0.15) is 0 Å². The van der Waals surface area contributed by atoms with Gasteiger partial charge in [0.1, 0.15) is 0 Å². The van der Waals surface area contributed by atoms with Gasteiger partial charge >= 0.3 is 0 Å². The molecule has 0 radical (unpaired) electrons. The molecular formula is C72H54N4. The van der Waals surface area contributed by atoms with E-state index in [0.717, 1.165) is 111 Å². The normalized spacial score (nSPS) is 12.4. The summed E-state index contributed by atoms with van der Waals surface area (Å²) in [6.45, 7) is 12.4. The Balaban J connectivity index is 0.965. The predicted molar refractivity (Wildman–Crippen MR) is 324 cm³/mol. The molecule has 0 aliphatic carbocycles. The van der Waals surface area contributed by atoms with Gasteiger partial charge in [0.2, 0.25) is 0 Å². The second-order valence-electron chi connectivity index (χ2n) is 19.0. The summed E-state index contributed by atoms with van der Waals surface area (Å²) in [6, 6.07) is 74.8. The van der Waals surface area contributed by atoms with Crippen LogP contribution in [0.25, 0.3) is 116 Å². The maximum absolute atomic E-state index is 4.62. The standard InChI is InChI=1S/C72H54N4/c1-5-9-19-49(6-2)52-20-14-21-53(41-52)59-33-36-71-66(46-59)67-47-60(54-22-15-23-55(42-54)61-26-18-38-73-48-61)34-37-72(67)76(71)63-28-17-25-57(44-63)56-24-16-27-62(43-56)75-69-31-11-10-29-64(69)65-45-58(32-35-70(65)75)50(7-3)40-51(8-4)68-30-12-13-39-74-68/h5-48H,2-3H2,1,4H3/b9-5-,49-19+,50-40+,51-8+. The van der Waals surface area contributed by atoms with Crippen LogP contribution in [-0.2, 0) is 0 Å². The molecule has 362 valence electrons. The van der Waals surface area contributed by atoms with Crippen molar-refractivity contribution in [2.75, 3.05) is 0 Å². The van der Waals surface area contributed by atoms with Crippen molar-refractivity contribution in [1.82, 2.24) is 19.1 Å². The molecule has 0 fully saturated rings. The van der Waals surface area contributed by atoms with E-state index in [1.807, 2.05) is 68.0 Å². The lowest BCUT2D eigenvalue weighted by molar-refractivity contribution is 1.17. The summed E-state index contributed by atoms with van der Waals surface area (Å²) in [5.74, 6) is 0. The first-order valence-corrected chi connectivity index (χ1v) is 25.8. The number of allylic oxidation sites excluding steroid dienone is 10. The van der Waals surface area contributed by atoms with Gasteiger partial charge in [0.25, 0.3) is 0 Å². The fourth-order valence-electron chi connectivity index (χ4n) is 10.8. The SMILES string of the molecule is C=C/C(=C\C=C/C)c1cccc(-c2ccc3c(c2)c2cc(-c4cccc(-c5cccnc5)c4)ccc2n3-c2cccc(-c3cccc(-n4c5ccccc5c5cc(/C(C=C)=C/C(=C\C)c6ccccn6)ccc54)c3)c2)c1. The van der Waals surface area contributed by atoms with E-state index < -0.39 is 0 Å². The van der Waals surface area contributed by atoms with Crippen LogP contribution in [0, 0.1) is 0 Å². The summed E-state index contributed by atoms with van der Waals surface area (Å²) in [6.07, 6.45) is 19.9. The Bertz CT molecular complexity index is 4330. The van der Waals surface area contributed by atoms with E-state index in [0.29, 0.717) is 0 Å². The number of rotatable bonds is 13. The minimum Gasteiger partial charge on any atom is -0.309 e. The van der Waals surface area contributed by atoms with Crippen LogP contribution in [0.1, 0.15) is 30.7 Å². The van der Waals surface area contributed by atoms with E-state index in [2.05, 4.69) is 245 Å². The van der Waals surface area contributed by atoms with Crippen molar-refractivity contribution in [3.63, 3.8) is 0 Å². The molecule has 0 spiro atoms. The zero-order valence-corrected chi connectivity index (χ0v) is 42.6. The van der Waals surface area contributed by atoms with Crippen molar-refractivity contribution in [2.24, 2.45) is 0 Å². The number of aromatic nitrogens is 4. The minimum absolute atomic E-state index is 0.930. The summed E-state index contributed by atoms with van der Waals surface area (Å²) in [7, 11) is 0. The van der Waals surface area contributed by atoms with E-state index in [1.54, 1.807) is 0 Å². The van der Waals surface area contributed by atoms with Crippen LogP contribution in [-0.4, -0.2) is 19.1 Å². The number of benzene rings is 8. The number of pyridine rings is 2. The van der Waals surface area contributed by atoms with Gasteiger partial charge in [0, 0.05) is 57.1 Å². The van der Waals surface area contributed by atoms with Crippen LogP contribution < -0.4 is 0 Å². The number of fused-ring (bicyclic) bond motifs is 6. The highest BCUT2D eigenvalue weighted by Crippen LogP contribution is 2.40. The monoisotopic (exact) mass is 974 g/mol. The topological polar surface area (TPSA) is 35.6 Å². The van der Waals surface area contributed by atoms with Crippen LogP contribution in [0.2, 0.25) is 0 Å². The molecule has 0 N–H and O–H groups in total. The summed E-state index contributed by atoms with van der Waals surface area (Å²) in [4.78, 5) is 9.02. The zero-order valence-electron chi connectivity index (χ0n) is 42.6.